The van der Waals surface area contributed by atoms with Crippen molar-refractivity contribution in [3.63, 3.8) is 0 Å². The summed E-state index contributed by atoms with van der Waals surface area (Å²) in [6.45, 7) is 4.39. The number of hydrogen-bond acceptors (Lipinski definition) is 4. The van der Waals surface area contributed by atoms with Crippen LogP contribution in [0.2, 0.25) is 0 Å². The molecule has 0 aromatic heterocycles. The van der Waals surface area contributed by atoms with Crippen LogP contribution in [-0.4, -0.2) is 39.0 Å². The molecule has 0 spiro atoms. The summed E-state index contributed by atoms with van der Waals surface area (Å²) in [5.41, 5.74) is 5.40. The van der Waals surface area contributed by atoms with Gasteiger partial charge in [0.1, 0.15) is 0 Å². The highest BCUT2D eigenvalue weighted by molar-refractivity contribution is 7.89. The van der Waals surface area contributed by atoms with Crippen LogP contribution in [0, 0.1) is 0 Å². The van der Waals surface area contributed by atoms with Crippen LogP contribution in [-0.2, 0) is 14.8 Å². The zero-order valence-electron chi connectivity index (χ0n) is 12.2. The minimum absolute atomic E-state index is 0.00687. The van der Waals surface area contributed by atoms with E-state index >= 15 is 0 Å². The summed E-state index contributed by atoms with van der Waals surface area (Å²) < 4.78 is 32.4. The first kappa shape index (κ1) is 16.9. The van der Waals surface area contributed by atoms with E-state index in [1.165, 1.54) is 12.8 Å². The highest BCUT2D eigenvalue weighted by atomic mass is 32.2. The average molecular weight is 292 g/mol. The Bertz CT molecular complexity index is 347. The lowest BCUT2D eigenvalue weighted by Gasteiger charge is -2.32. The molecular weight excluding hydrogens is 264 g/mol. The normalized spacial score (nSPS) is 20.4. The molecule has 0 saturated heterocycles. The Balaban J connectivity index is 2.57. The Morgan fingerprint density at radius 3 is 2.26 bits per heavy atom. The highest BCUT2D eigenvalue weighted by Crippen LogP contribution is 2.27. The summed E-state index contributed by atoms with van der Waals surface area (Å²) >= 11 is 0. The summed E-state index contributed by atoms with van der Waals surface area (Å²) in [7, 11) is -3.32. The van der Waals surface area contributed by atoms with Gasteiger partial charge < -0.3 is 10.5 Å². The van der Waals surface area contributed by atoms with Crippen molar-refractivity contribution in [3.05, 3.63) is 0 Å². The maximum absolute atomic E-state index is 12.1. The van der Waals surface area contributed by atoms with Crippen molar-refractivity contribution >= 4 is 10.0 Å². The molecule has 0 unspecified atom stereocenters. The van der Waals surface area contributed by atoms with E-state index in [2.05, 4.69) is 4.72 Å². The monoisotopic (exact) mass is 292 g/mol. The molecule has 0 aliphatic heterocycles. The first-order valence-electron chi connectivity index (χ1n) is 7.22. The van der Waals surface area contributed by atoms with Crippen LogP contribution in [0.4, 0.5) is 0 Å². The largest absolute Gasteiger partial charge is 0.378 e. The fourth-order valence-corrected chi connectivity index (χ4v) is 3.89. The number of hydrogen-bond donors (Lipinski definition) is 2. The lowest BCUT2D eigenvalue weighted by molar-refractivity contribution is 0.0910. The summed E-state index contributed by atoms with van der Waals surface area (Å²) in [6.07, 6.45) is 6.16. The number of ether oxygens (including phenoxy) is 1. The number of sulfonamides is 1. The van der Waals surface area contributed by atoms with E-state index in [4.69, 9.17) is 10.5 Å². The van der Waals surface area contributed by atoms with Crippen molar-refractivity contribution in [2.45, 2.75) is 64.0 Å². The van der Waals surface area contributed by atoms with E-state index in [0.717, 1.165) is 25.7 Å². The van der Waals surface area contributed by atoms with Crippen LogP contribution in [0.15, 0.2) is 0 Å². The fourth-order valence-electron chi connectivity index (χ4n) is 2.53. The second kappa shape index (κ2) is 7.57. The molecule has 3 N–H and O–H groups in total. The highest BCUT2D eigenvalue weighted by Gasteiger charge is 2.33. The van der Waals surface area contributed by atoms with Gasteiger partial charge in [0.25, 0.3) is 0 Å². The van der Waals surface area contributed by atoms with Gasteiger partial charge >= 0.3 is 0 Å². The Kier molecular flexibility index (Phi) is 6.73. The van der Waals surface area contributed by atoms with Crippen LogP contribution >= 0.6 is 0 Å². The SMILES string of the molecule is CC(C)OCCS(=O)(=O)NC1(CN)CCCCCC1. The molecule has 1 aliphatic rings. The van der Waals surface area contributed by atoms with Crippen molar-refractivity contribution in [1.82, 2.24) is 4.72 Å². The zero-order chi connectivity index (χ0) is 14.4. The van der Waals surface area contributed by atoms with Gasteiger partial charge in [-0.15, -0.1) is 0 Å². The Morgan fingerprint density at radius 1 is 1.21 bits per heavy atom. The van der Waals surface area contributed by atoms with Crippen molar-refractivity contribution in [2.75, 3.05) is 18.9 Å². The van der Waals surface area contributed by atoms with Gasteiger partial charge in [0.15, 0.2) is 0 Å². The third-order valence-electron chi connectivity index (χ3n) is 3.63. The second-order valence-electron chi connectivity index (χ2n) is 5.74. The topological polar surface area (TPSA) is 81.4 Å². The Morgan fingerprint density at radius 2 is 1.79 bits per heavy atom. The molecule has 1 aliphatic carbocycles. The smallest absolute Gasteiger partial charge is 0.214 e. The van der Waals surface area contributed by atoms with Crippen LogP contribution in [0.3, 0.4) is 0 Å². The van der Waals surface area contributed by atoms with Crippen molar-refractivity contribution in [3.8, 4) is 0 Å². The molecule has 0 bridgehead atoms. The lowest BCUT2D eigenvalue weighted by atomic mass is 9.92. The van der Waals surface area contributed by atoms with Crippen molar-refractivity contribution < 1.29 is 13.2 Å². The molecule has 1 saturated carbocycles. The number of nitrogens with one attached hydrogen (secondary N) is 1. The molecule has 0 atom stereocenters. The van der Waals surface area contributed by atoms with Crippen molar-refractivity contribution in [1.29, 1.82) is 0 Å². The second-order valence-corrected chi connectivity index (χ2v) is 7.58. The molecule has 0 radical (unpaired) electrons. The van der Waals surface area contributed by atoms with E-state index < -0.39 is 15.6 Å². The van der Waals surface area contributed by atoms with Gasteiger partial charge in [-0.2, -0.15) is 0 Å². The van der Waals surface area contributed by atoms with E-state index in [9.17, 15) is 8.42 Å². The molecule has 0 aromatic carbocycles. The van der Waals surface area contributed by atoms with Crippen LogP contribution in [0.25, 0.3) is 0 Å². The maximum Gasteiger partial charge on any atom is 0.214 e. The molecule has 114 valence electrons. The van der Waals surface area contributed by atoms with Gasteiger partial charge in [-0.05, 0) is 26.7 Å². The van der Waals surface area contributed by atoms with Gasteiger partial charge in [-0.3, -0.25) is 0 Å². The first-order valence-corrected chi connectivity index (χ1v) is 8.88. The number of nitrogens with two attached hydrogens (primary N) is 1. The fraction of sp³-hybridized carbons (Fsp3) is 1.00. The third-order valence-corrected chi connectivity index (χ3v) is 5.07. The van der Waals surface area contributed by atoms with Gasteiger partial charge in [-0.1, -0.05) is 25.7 Å². The molecule has 19 heavy (non-hydrogen) atoms. The number of rotatable bonds is 7. The molecule has 1 fully saturated rings. The molecular formula is C13H28N2O3S. The quantitative estimate of drug-likeness (QED) is 0.695. The summed E-state index contributed by atoms with van der Waals surface area (Å²) in [5, 5.41) is 0. The van der Waals surface area contributed by atoms with Crippen LogP contribution in [0.5, 0.6) is 0 Å². The summed E-state index contributed by atoms with van der Waals surface area (Å²) in [4.78, 5) is 0. The minimum Gasteiger partial charge on any atom is -0.378 e. The molecule has 0 amide bonds. The Hall–Kier alpha value is -0.170. The standard InChI is InChI=1S/C13H28N2O3S/c1-12(2)18-9-10-19(16,17)15-13(11-14)7-5-3-4-6-8-13/h12,15H,3-11,14H2,1-2H3. The zero-order valence-corrected chi connectivity index (χ0v) is 13.0. The van der Waals surface area contributed by atoms with Gasteiger partial charge in [0, 0.05) is 12.1 Å². The Labute approximate surface area is 117 Å². The van der Waals surface area contributed by atoms with E-state index in [1.807, 2.05) is 13.8 Å². The lowest BCUT2D eigenvalue weighted by Crippen LogP contribution is -2.54. The summed E-state index contributed by atoms with van der Waals surface area (Å²) in [6, 6.07) is 0. The third kappa shape index (κ3) is 6.21. The molecule has 1 rings (SSSR count). The molecule has 0 aromatic rings. The van der Waals surface area contributed by atoms with Crippen LogP contribution < -0.4 is 10.5 Å². The van der Waals surface area contributed by atoms with Crippen molar-refractivity contribution in [2.24, 2.45) is 5.73 Å². The maximum atomic E-state index is 12.1. The minimum atomic E-state index is -3.32. The molecule has 5 nitrogen and oxygen atoms in total. The van der Waals surface area contributed by atoms with Gasteiger partial charge in [0.2, 0.25) is 10.0 Å². The average Bonchev–Trinajstić information content (AvgIpc) is 2.54. The van der Waals surface area contributed by atoms with E-state index in [-0.39, 0.29) is 18.5 Å². The van der Waals surface area contributed by atoms with Gasteiger partial charge in [0.05, 0.1) is 18.5 Å². The summed E-state index contributed by atoms with van der Waals surface area (Å²) in [5.74, 6) is 0.00687. The van der Waals surface area contributed by atoms with E-state index in [0.29, 0.717) is 6.54 Å². The first-order chi connectivity index (χ1) is 8.89. The predicted molar refractivity (Wildman–Crippen MR) is 77.5 cm³/mol. The molecule has 0 heterocycles. The van der Waals surface area contributed by atoms with Crippen LogP contribution in [0.1, 0.15) is 52.4 Å². The molecule has 6 heteroatoms. The predicted octanol–water partition coefficient (Wildman–Crippen LogP) is 1.38. The van der Waals surface area contributed by atoms with Gasteiger partial charge in [-0.25, -0.2) is 13.1 Å². The van der Waals surface area contributed by atoms with E-state index in [1.54, 1.807) is 0 Å².